The molecule has 3 rings (SSSR count). The molecule has 2 aromatic rings. The van der Waals surface area contributed by atoms with E-state index in [4.69, 9.17) is 34.8 Å². The maximum absolute atomic E-state index is 15.1. The quantitative estimate of drug-likeness (QED) is 0.562. The first kappa shape index (κ1) is 21.4. The van der Waals surface area contributed by atoms with Gasteiger partial charge in [-0.15, -0.1) is 0 Å². The number of hydrogen-bond donors (Lipinski definition) is 1. The molecule has 2 aromatic carbocycles. The minimum atomic E-state index is -1.14. The molecule has 1 aliphatic heterocycles. The van der Waals surface area contributed by atoms with E-state index in [0.717, 1.165) is 6.42 Å². The van der Waals surface area contributed by atoms with E-state index in [1.54, 1.807) is 24.3 Å². The normalized spacial score (nSPS) is 24.9. The first-order chi connectivity index (χ1) is 13.1. The Labute approximate surface area is 180 Å². The van der Waals surface area contributed by atoms with Crippen molar-refractivity contribution < 1.29 is 4.39 Å². The maximum atomic E-state index is 15.1. The molecular weight excluding hydrogens is 418 g/mol. The van der Waals surface area contributed by atoms with Crippen molar-refractivity contribution >= 4 is 34.8 Å². The van der Waals surface area contributed by atoms with E-state index in [0.29, 0.717) is 32.7 Å². The van der Waals surface area contributed by atoms with Crippen molar-refractivity contribution in [3.05, 3.63) is 68.4 Å². The summed E-state index contributed by atoms with van der Waals surface area (Å²) in [5.41, 5.74) is -0.151. The fraction of sp³-hybridized carbons (Fsp3) is 0.409. The van der Waals surface area contributed by atoms with Crippen molar-refractivity contribution in [1.82, 2.24) is 5.32 Å². The van der Waals surface area contributed by atoms with Crippen LogP contribution >= 0.6 is 34.8 Å². The van der Waals surface area contributed by atoms with Gasteiger partial charge in [-0.2, -0.15) is 5.26 Å². The van der Waals surface area contributed by atoms with E-state index in [-0.39, 0.29) is 11.3 Å². The summed E-state index contributed by atoms with van der Waals surface area (Å²) in [6.07, 6.45) is 0.740. The lowest BCUT2D eigenvalue weighted by molar-refractivity contribution is 0.247. The molecule has 0 amide bonds. The van der Waals surface area contributed by atoms with Crippen LogP contribution in [0.5, 0.6) is 0 Å². The predicted molar refractivity (Wildman–Crippen MR) is 113 cm³/mol. The molecule has 0 aliphatic carbocycles. The molecule has 0 radical (unpaired) electrons. The summed E-state index contributed by atoms with van der Waals surface area (Å²) in [5, 5.41) is 15.0. The van der Waals surface area contributed by atoms with Gasteiger partial charge in [0.1, 0.15) is 11.2 Å². The van der Waals surface area contributed by atoms with Crippen LogP contribution in [0.4, 0.5) is 4.39 Å². The molecule has 28 heavy (non-hydrogen) atoms. The van der Waals surface area contributed by atoms with Gasteiger partial charge < -0.3 is 5.32 Å². The molecule has 3 atom stereocenters. The molecule has 2 nitrogen and oxygen atoms in total. The van der Waals surface area contributed by atoms with E-state index in [1.807, 2.05) is 6.07 Å². The number of hydrogen-bond acceptors (Lipinski definition) is 2. The number of rotatable bonds is 3. The molecule has 3 unspecified atom stereocenters. The number of halogens is 4. The smallest absolute Gasteiger partial charge is 0.129 e. The van der Waals surface area contributed by atoms with Crippen LogP contribution in [0.25, 0.3) is 0 Å². The number of nitriles is 1. The van der Waals surface area contributed by atoms with Gasteiger partial charge in [-0.1, -0.05) is 73.8 Å². The fourth-order valence-electron chi connectivity index (χ4n) is 4.31. The van der Waals surface area contributed by atoms with Crippen LogP contribution in [-0.2, 0) is 5.41 Å². The minimum absolute atomic E-state index is 0.0373. The Balaban J connectivity index is 2.25. The standard InChI is InChI=1S/C22H22Cl3FN2/c1-21(2,3)10-13-11-28-20(15-5-4-6-17(24)19(15)25)22(13,12-27)16-8-7-14(23)9-18(16)26/h4-9,13,20,28H,10-11H2,1-3H3. The van der Waals surface area contributed by atoms with Crippen molar-refractivity contribution in [2.24, 2.45) is 11.3 Å². The van der Waals surface area contributed by atoms with Gasteiger partial charge in [0.2, 0.25) is 0 Å². The second-order valence-electron chi connectivity index (χ2n) is 8.55. The van der Waals surface area contributed by atoms with E-state index in [2.05, 4.69) is 32.2 Å². The van der Waals surface area contributed by atoms with Crippen molar-refractivity contribution in [2.45, 2.75) is 38.6 Å². The highest BCUT2D eigenvalue weighted by molar-refractivity contribution is 6.42. The first-order valence-corrected chi connectivity index (χ1v) is 10.3. The summed E-state index contributed by atoms with van der Waals surface area (Å²) in [7, 11) is 0. The van der Waals surface area contributed by atoms with Crippen LogP contribution in [0.1, 0.15) is 44.4 Å². The average molecular weight is 440 g/mol. The molecule has 0 spiro atoms. The van der Waals surface area contributed by atoms with Crippen LogP contribution in [0, 0.1) is 28.5 Å². The third kappa shape index (κ3) is 3.76. The molecule has 1 heterocycles. The molecule has 148 valence electrons. The number of nitrogens with zero attached hydrogens (tertiary/aromatic N) is 1. The van der Waals surface area contributed by atoms with Gasteiger partial charge >= 0.3 is 0 Å². The Morgan fingerprint density at radius 1 is 1.21 bits per heavy atom. The van der Waals surface area contributed by atoms with E-state index < -0.39 is 17.3 Å². The van der Waals surface area contributed by atoms with Gasteiger partial charge in [-0.25, -0.2) is 4.39 Å². The molecule has 1 N–H and O–H groups in total. The Morgan fingerprint density at radius 2 is 1.93 bits per heavy atom. The van der Waals surface area contributed by atoms with E-state index in [1.165, 1.54) is 6.07 Å². The zero-order chi connectivity index (χ0) is 20.7. The SMILES string of the molecule is CC(C)(C)CC1CNC(c2cccc(Cl)c2Cl)C1(C#N)c1ccc(Cl)cc1F. The summed E-state index contributed by atoms with van der Waals surface area (Å²) in [5.74, 6) is -0.604. The molecule has 1 aliphatic rings. The van der Waals surface area contributed by atoms with Gasteiger partial charge in [0, 0.05) is 17.1 Å². The lowest BCUT2D eigenvalue weighted by Gasteiger charge is -2.37. The van der Waals surface area contributed by atoms with Crippen LogP contribution in [0.3, 0.4) is 0 Å². The van der Waals surface area contributed by atoms with Gasteiger partial charge in [-0.3, -0.25) is 0 Å². The summed E-state index contributed by atoms with van der Waals surface area (Å²) in [6.45, 7) is 6.92. The highest BCUT2D eigenvalue weighted by atomic mass is 35.5. The van der Waals surface area contributed by atoms with Crippen LogP contribution in [-0.4, -0.2) is 6.54 Å². The zero-order valence-corrected chi connectivity index (χ0v) is 18.3. The first-order valence-electron chi connectivity index (χ1n) is 9.14. The van der Waals surface area contributed by atoms with Gasteiger partial charge in [-0.05, 0) is 41.5 Å². The second-order valence-corrected chi connectivity index (χ2v) is 9.77. The van der Waals surface area contributed by atoms with Crippen molar-refractivity contribution in [1.29, 1.82) is 5.26 Å². The van der Waals surface area contributed by atoms with Crippen LogP contribution in [0.15, 0.2) is 36.4 Å². The lowest BCUT2D eigenvalue weighted by Crippen LogP contribution is -2.39. The van der Waals surface area contributed by atoms with E-state index >= 15 is 4.39 Å². The Bertz CT molecular complexity index is 932. The minimum Gasteiger partial charge on any atom is -0.308 e. The molecule has 0 aromatic heterocycles. The van der Waals surface area contributed by atoms with Crippen molar-refractivity contribution in [3.8, 4) is 6.07 Å². The van der Waals surface area contributed by atoms with Crippen molar-refractivity contribution in [2.75, 3.05) is 6.54 Å². The largest absolute Gasteiger partial charge is 0.308 e. The van der Waals surface area contributed by atoms with Gasteiger partial charge in [0.15, 0.2) is 0 Å². The molecule has 1 fully saturated rings. The highest BCUT2D eigenvalue weighted by Crippen LogP contribution is 2.53. The molecule has 0 saturated carbocycles. The average Bonchev–Trinajstić information content (AvgIpc) is 2.94. The summed E-state index contributed by atoms with van der Waals surface area (Å²) < 4.78 is 15.1. The predicted octanol–water partition coefficient (Wildman–Crippen LogP) is 6.94. The van der Waals surface area contributed by atoms with Crippen LogP contribution < -0.4 is 5.32 Å². The Kier molecular flexibility index (Phi) is 5.99. The Morgan fingerprint density at radius 3 is 2.54 bits per heavy atom. The third-order valence-corrected chi connectivity index (χ3v) is 6.45. The molecule has 1 saturated heterocycles. The van der Waals surface area contributed by atoms with Crippen molar-refractivity contribution in [3.63, 3.8) is 0 Å². The fourth-order valence-corrected chi connectivity index (χ4v) is 4.88. The third-order valence-electron chi connectivity index (χ3n) is 5.38. The van der Waals surface area contributed by atoms with Gasteiger partial charge in [0.25, 0.3) is 0 Å². The van der Waals surface area contributed by atoms with Crippen LogP contribution in [0.2, 0.25) is 15.1 Å². The highest BCUT2D eigenvalue weighted by Gasteiger charge is 2.55. The number of nitrogens with one attached hydrogen (secondary N) is 1. The molecule has 0 bridgehead atoms. The molecule has 6 heteroatoms. The maximum Gasteiger partial charge on any atom is 0.129 e. The Hall–Kier alpha value is -1.31. The zero-order valence-electron chi connectivity index (χ0n) is 16.0. The summed E-state index contributed by atoms with van der Waals surface area (Å²) >= 11 is 18.7. The van der Waals surface area contributed by atoms with E-state index in [9.17, 15) is 5.26 Å². The summed E-state index contributed by atoms with van der Waals surface area (Å²) in [4.78, 5) is 0. The second kappa shape index (κ2) is 7.84. The van der Waals surface area contributed by atoms with Gasteiger partial charge in [0.05, 0.1) is 22.2 Å². The monoisotopic (exact) mass is 438 g/mol. The molecular formula is C22H22Cl3FN2. The topological polar surface area (TPSA) is 35.8 Å². The summed E-state index contributed by atoms with van der Waals surface area (Å²) in [6, 6.07) is 11.8. The lowest BCUT2D eigenvalue weighted by atomic mass is 9.63. The number of benzene rings is 2.